The molecule has 0 saturated heterocycles. The van der Waals surface area contributed by atoms with E-state index in [0.29, 0.717) is 18.1 Å². The summed E-state index contributed by atoms with van der Waals surface area (Å²) in [6.45, 7) is 1.25. The van der Waals surface area contributed by atoms with Gasteiger partial charge in [-0.1, -0.05) is 6.07 Å². The quantitative estimate of drug-likeness (QED) is 0.813. The molecule has 1 heterocycles. The molecule has 1 aromatic carbocycles. The van der Waals surface area contributed by atoms with Crippen LogP contribution in [0.15, 0.2) is 35.3 Å². The second-order valence-corrected chi connectivity index (χ2v) is 9.22. The van der Waals surface area contributed by atoms with Gasteiger partial charge in [-0.2, -0.15) is 4.98 Å². The zero-order valence-corrected chi connectivity index (χ0v) is 17.0. The molecule has 3 aliphatic rings. The van der Waals surface area contributed by atoms with E-state index in [0.717, 1.165) is 30.9 Å². The van der Waals surface area contributed by atoms with Crippen LogP contribution < -0.4 is 17.2 Å². The van der Waals surface area contributed by atoms with Gasteiger partial charge in [0.05, 0.1) is 5.69 Å². The van der Waals surface area contributed by atoms with Gasteiger partial charge in [-0.15, -0.1) is 0 Å². The first-order chi connectivity index (χ1) is 14.1. The van der Waals surface area contributed by atoms with Crippen molar-refractivity contribution < 1.29 is 0 Å². The largest absolute Gasteiger partial charge is 0.383 e. The lowest BCUT2D eigenvalue weighted by Crippen LogP contribution is -2.46. The molecule has 154 valence electrons. The molecule has 3 atom stereocenters. The third-order valence-corrected chi connectivity index (χ3v) is 7.05. The maximum atomic E-state index is 12.2. The molecule has 29 heavy (non-hydrogen) atoms. The molecular weight excluding hydrogens is 362 g/mol. The Morgan fingerprint density at radius 2 is 1.93 bits per heavy atom. The minimum Gasteiger partial charge on any atom is -0.383 e. The minimum absolute atomic E-state index is 0.259. The normalized spacial score (nSPS) is 26.6. The molecule has 2 aromatic rings. The Balaban J connectivity index is 1.36. The molecular formula is C23H31N5O. The molecule has 6 nitrogen and oxygen atoms in total. The van der Waals surface area contributed by atoms with Crippen molar-refractivity contribution in [3.8, 4) is 5.69 Å². The average molecular weight is 394 g/mol. The van der Waals surface area contributed by atoms with Crippen LogP contribution in [0, 0.1) is 5.92 Å². The van der Waals surface area contributed by atoms with Crippen LogP contribution in [-0.4, -0.2) is 39.1 Å². The van der Waals surface area contributed by atoms with Crippen molar-refractivity contribution >= 4 is 5.82 Å². The number of nitrogens with two attached hydrogens (primary N) is 2. The average Bonchev–Trinajstić information content (AvgIpc) is 3.44. The zero-order valence-electron chi connectivity index (χ0n) is 17.0. The molecule has 4 N–H and O–H groups in total. The predicted octanol–water partition coefficient (Wildman–Crippen LogP) is 2.26. The van der Waals surface area contributed by atoms with Gasteiger partial charge < -0.3 is 11.5 Å². The lowest BCUT2D eigenvalue weighted by Gasteiger charge is -2.39. The second kappa shape index (κ2) is 7.58. The highest BCUT2D eigenvalue weighted by atomic mass is 16.1. The van der Waals surface area contributed by atoms with Crippen LogP contribution in [0.5, 0.6) is 0 Å². The van der Waals surface area contributed by atoms with Crippen molar-refractivity contribution in [1.82, 2.24) is 14.5 Å². The number of benzene rings is 1. The van der Waals surface area contributed by atoms with E-state index in [2.05, 4.69) is 22.0 Å². The molecule has 0 radical (unpaired) electrons. The first kappa shape index (κ1) is 18.8. The summed E-state index contributed by atoms with van der Waals surface area (Å²) in [6.07, 6.45) is 11.4. The van der Waals surface area contributed by atoms with Gasteiger partial charge in [0.15, 0.2) is 0 Å². The van der Waals surface area contributed by atoms with Gasteiger partial charge in [-0.25, -0.2) is 4.79 Å². The monoisotopic (exact) mass is 393 g/mol. The fourth-order valence-electron chi connectivity index (χ4n) is 5.26. The van der Waals surface area contributed by atoms with E-state index in [1.165, 1.54) is 49.8 Å². The molecule has 0 spiro atoms. The van der Waals surface area contributed by atoms with Crippen LogP contribution in [-0.2, 0) is 12.8 Å². The first-order valence-electron chi connectivity index (χ1n) is 11.1. The van der Waals surface area contributed by atoms with Crippen molar-refractivity contribution in [1.29, 1.82) is 0 Å². The van der Waals surface area contributed by atoms with E-state index >= 15 is 0 Å². The number of hydrogen-bond acceptors (Lipinski definition) is 5. The van der Waals surface area contributed by atoms with Crippen LogP contribution in [0.2, 0.25) is 0 Å². The Labute approximate surface area is 171 Å². The third kappa shape index (κ3) is 3.96. The van der Waals surface area contributed by atoms with Gasteiger partial charge >= 0.3 is 5.69 Å². The number of rotatable bonds is 5. The fourth-order valence-corrected chi connectivity index (χ4v) is 5.26. The maximum absolute atomic E-state index is 12.2. The van der Waals surface area contributed by atoms with Crippen molar-refractivity contribution in [2.75, 3.05) is 12.3 Å². The smallest absolute Gasteiger partial charge is 0.354 e. The molecule has 2 fully saturated rings. The Hall–Kier alpha value is -2.18. The number of hydrogen-bond donors (Lipinski definition) is 2. The van der Waals surface area contributed by atoms with Crippen LogP contribution in [0.3, 0.4) is 0 Å². The second-order valence-electron chi connectivity index (χ2n) is 9.22. The summed E-state index contributed by atoms with van der Waals surface area (Å²) in [5, 5.41) is 0. The SMILES string of the molecule is Nc1ccn(-c2ccc3c(c2)CCC(N(CC2CC2)[C@H]2CC[C@H](N)C2)C3)c(=O)n1. The number of anilines is 1. The summed E-state index contributed by atoms with van der Waals surface area (Å²) >= 11 is 0. The van der Waals surface area contributed by atoms with Crippen molar-refractivity contribution in [2.24, 2.45) is 11.7 Å². The van der Waals surface area contributed by atoms with E-state index in [4.69, 9.17) is 11.5 Å². The van der Waals surface area contributed by atoms with Gasteiger partial charge in [-0.3, -0.25) is 9.47 Å². The predicted molar refractivity (Wildman–Crippen MR) is 115 cm³/mol. The maximum Gasteiger partial charge on any atom is 0.354 e. The van der Waals surface area contributed by atoms with Gasteiger partial charge in [-0.05, 0) is 86.6 Å². The van der Waals surface area contributed by atoms with Crippen molar-refractivity contribution in [3.63, 3.8) is 0 Å². The molecule has 1 unspecified atom stereocenters. The number of aromatic nitrogens is 2. The Morgan fingerprint density at radius 1 is 1.07 bits per heavy atom. The van der Waals surface area contributed by atoms with Crippen LogP contribution in [0.25, 0.3) is 5.69 Å². The van der Waals surface area contributed by atoms with E-state index < -0.39 is 0 Å². The topological polar surface area (TPSA) is 90.2 Å². The van der Waals surface area contributed by atoms with Crippen LogP contribution in [0.1, 0.15) is 49.7 Å². The van der Waals surface area contributed by atoms with Crippen molar-refractivity contribution in [3.05, 3.63) is 52.1 Å². The molecule has 2 saturated carbocycles. The van der Waals surface area contributed by atoms with E-state index in [1.54, 1.807) is 16.8 Å². The summed E-state index contributed by atoms with van der Waals surface area (Å²) in [5.41, 5.74) is 15.2. The summed E-state index contributed by atoms with van der Waals surface area (Å²) in [5.74, 6) is 1.16. The van der Waals surface area contributed by atoms with Crippen molar-refractivity contribution in [2.45, 2.75) is 69.5 Å². The van der Waals surface area contributed by atoms with Crippen LogP contribution in [0.4, 0.5) is 5.82 Å². The number of nitrogens with zero attached hydrogens (tertiary/aromatic N) is 3. The third-order valence-electron chi connectivity index (χ3n) is 7.05. The summed E-state index contributed by atoms with van der Waals surface area (Å²) < 4.78 is 1.57. The Morgan fingerprint density at radius 3 is 2.66 bits per heavy atom. The Bertz CT molecular complexity index is 951. The van der Waals surface area contributed by atoms with Gasteiger partial charge in [0.25, 0.3) is 0 Å². The molecule has 0 amide bonds. The Kier molecular flexibility index (Phi) is 4.92. The highest BCUT2D eigenvalue weighted by Crippen LogP contribution is 2.36. The van der Waals surface area contributed by atoms with Gasteiger partial charge in [0, 0.05) is 30.9 Å². The first-order valence-corrected chi connectivity index (χ1v) is 11.1. The minimum atomic E-state index is -0.327. The number of nitrogen functional groups attached to an aromatic ring is 1. The highest BCUT2D eigenvalue weighted by molar-refractivity contribution is 5.43. The zero-order chi connectivity index (χ0) is 20.0. The molecule has 5 rings (SSSR count). The molecule has 0 bridgehead atoms. The van der Waals surface area contributed by atoms with E-state index in [1.807, 2.05) is 6.07 Å². The number of fused-ring (bicyclic) bond motifs is 1. The lowest BCUT2D eigenvalue weighted by molar-refractivity contribution is 0.116. The fraction of sp³-hybridized carbons (Fsp3) is 0.565. The van der Waals surface area contributed by atoms with Gasteiger partial charge in [0.1, 0.15) is 5.82 Å². The van der Waals surface area contributed by atoms with E-state index in [9.17, 15) is 4.79 Å². The summed E-state index contributed by atoms with van der Waals surface area (Å²) in [7, 11) is 0. The number of aryl methyl sites for hydroxylation is 1. The molecule has 3 aliphatic carbocycles. The molecule has 6 heteroatoms. The summed E-state index contributed by atoms with van der Waals surface area (Å²) in [4.78, 5) is 18.9. The highest BCUT2D eigenvalue weighted by Gasteiger charge is 2.36. The molecule has 0 aliphatic heterocycles. The van der Waals surface area contributed by atoms with Crippen LogP contribution >= 0.6 is 0 Å². The van der Waals surface area contributed by atoms with Gasteiger partial charge in [0.2, 0.25) is 0 Å². The molecule has 1 aromatic heterocycles. The standard InChI is InChI=1S/C23H31N5O/c24-18-5-8-21(13-18)28(14-15-1-2-15)20-7-4-16-11-19(6-3-17(16)12-20)27-10-9-22(25)26-23(27)29/h3,6,9-11,15,18,20-21H,1-2,4-5,7-8,12-14,24H2,(H2,25,26,29)/t18-,20?,21-/m0/s1. The lowest BCUT2D eigenvalue weighted by atomic mass is 9.86. The van der Waals surface area contributed by atoms with E-state index in [-0.39, 0.29) is 11.5 Å². The summed E-state index contributed by atoms with van der Waals surface area (Å²) in [6, 6.07) is 9.72.